The number of benzene rings is 1. The van der Waals surface area contributed by atoms with Crippen molar-refractivity contribution in [2.24, 2.45) is 4.99 Å². The number of nitrogens with one attached hydrogen (secondary N) is 2. The fraction of sp³-hybridized carbons (Fsp3) is 0.542. The fourth-order valence-electron chi connectivity index (χ4n) is 3.69. The number of anilines is 1. The van der Waals surface area contributed by atoms with Gasteiger partial charge >= 0.3 is 0 Å². The van der Waals surface area contributed by atoms with Gasteiger partial charge < -0.3 is 20.3 Å². The number of hydrogen-bond acceptors (Lipinski definition) is 6. The number of halogens is 1. The summed E-state index contributed by atoms with van der Waals surface area (Å²) in [6.45, 7) is 11.6. The monoisotopic (exact) mass is 567 g/mol. The normalized spacial score (nSPS) is 14.5. The number of nitrogens with zero attached hydrogens (tertiary/aromatic N) is 5. The molecule has 2 heterocycles. The molecule has 2 aromatic rings. The molecule has 0 radical (unpaired) electrons. The Labute approximate surface area is 215 Å². The Bertz CT molecular complexity index is 842. The van der Waals surface area contributed by atoms with Crippen LogP contribution < -0.4 is 20.3 Å². The number of guanidine groups is 1. The minimum absolute atomic E-state index is 0. The fourth-order valence-corrected chi connectivity index (χ4v) is 3.69. The second-order valence-electron chi connectivity index (χ2n) is 8.04. The van der Waals surface area contributed by atoms with E-state index >= 15 is 0 Å². The number of ether oxygens (including phenoxy) is 1. The summed E-state index contributed by atoms with van der Waals surface area (Å²) >= 11 is 0. The highest BCUT2D eigenvalue weighted by atomic mass is 127. The molecule has 1 aromatic heterocycles. The third-order valence-electron chi connectivity index (χ3n) is 5.51. The lowest BCUT2D eigenvalue weighted by atomic mass is 10.1. The van der Waals surface area contributed by atoms with E-state index in [1.165, 1.54) is 5.56 Å². The van der Waals surface area contributed by atoms with Crippen LogP contribution in [-0.4, -0.2) is 73.8 Å². The molecule has 1 aliphatic rings. The number of aliphatic imine (C=N–C) groups is 1. The molecule has 2 N–H and O–H groups in total. The maximum atomic E-state index is 5.92. The van der Waals surface area contributed by atoms with E-state index < -0.39 is 0 Å². The summed E-state index contributed by atoms with van der Waals surface area (Å²) in [5.74, 6) is 2.61. The quantitative estimate of drug-likeness (QED) is 0.198. The molecule has 0 spiro atoms. The van der Waals surface area contributed by atoms with Crippen LogP contribution in [-0.2, 0) is 6.54 Å². The zero-order chi connectivity index (χ0) is 22.6. The van der Waals surface area contributed by atoms with Crippen LogP contribution >= 0.6 is 24.0 Å². The molecule has 3 rings (SSSR count). The van der Waals surface area contributed by atoms with Crippen molar-refractivity contribution in [3.05, 3.63) is 47.8 Å². The molecular formula is C24H38IN7O. The van der Waals surface area contributed by atoms with Crippen molar-refractivity contribution < 1.29 is 4.74 Å². The van der Waals surface area contributed by atoms with Gasteiger partial charge in [-0.15, -0.1) is 24.0 Å². The Morgan fingerprint density at radius 2 is 1.88 bits per heavy atom. The number of rotatable bonds is 10. The lowest BCUT2D eigenvalue weighted by molar-refractivity contribution is 0.254. The predicted octanol–water partition coefficient (Wildman–Crippen LogP) is 3.07. The predicted molar refractivity (Wildman–Crippen MR) is 146 cm³/mol. The Morgan fingerprint density at radius 1 is 1.12 bits per heavy atom. The van der Waals surface area contributed by atoms with Crippen LogP contribution in [0.4, 0.5) is 5.95 Å². The molecule has 1 fully saturated rings. The topological polar surface area (TPSA) is 77.9 Å². The minimum Gasteiger partial charge on any atom is -0.493 e. The second-order valence-corrected chi connectivity index (χ2v) is 8.04. The molecule has 1 aliphatic heterocycles. The smallest absolute Gasteiger partial charge is 0.225 e. The summed E-state index contributed by atoms with van der Waals surface area (Å²) in [6.07, 6.45) is 5.68. The number of hydrogen-bond donors (Lipinski definition) is 2. The van der Waals surface area contributed by atoms with Gasteiger partial charge in [-0.1, -0.05) is 19.1 Å². The number of aromatic nitrogens is 2. The first kappa shape index (κ1) is 27.1. The van der Waals surface area contributed by atoms with Gasteiger partial charge in [0.2, 0.25) is 5.95 Å². The Morgan fingerprint density at radius 3 is 2.58 bits per heavy atom. The molecule has 0 amide bonds. The van der Waals surface area contributed by atoms with Crippen LogP contribution in [0.25, 0.3) is 0 Å². The zero-order valence-corrected chi connectivity index (χ0v) is 22.4. The van der Waals surface area contributed by atoms with Gasteiger partial charge in [0.15, 0.2) is 5.96 Å². The van der Waals surface area contributed by atoms with E-state index in [-0.39, 0.29) is 24.0 Å². The van der Waals surface area contributed by atoms with Crippen molar-refractivity contribution in [3.63, 3.8) is 0 Å². The van der Waals surface area contributed by atoms with Crippen LogP contribution in [0.3, 0.4) is 0 Å². The molecule has 0 aliphatic carbocycles. The highest BCUT2D eigenvalue weighted by molar-refractivity contribution is 14.0. The lowest BCUT2D eigenvalue weighted by Gasteiger charge is -2.34. The SMILES string of the molecule is CCCOc1cc(C)ccc1CNC(=NC)NCCCN1CCN(c2ncccn2)CC1.I. The van der Waals surface area contributed by atoms with Crippen LogP contribution in [0, 0.1) is 6.92 Å². The van der Waals surface area contributed by atoms with E-state index in [1.807, 2.05) is 13.1 Å². The largest absolute Gasteiger partial charge is 0.493 e. The van der Waals surface area contributed by atoms with Gasteiger partial charge in [-0.3, -0.25) is 9.89 Å². The number of aryl methyl sites for hydroxylation is 1. The summed E-state index contributed by atoms with van der Waals surface area (Å²) in [6, 6.07) is 8.21. The maximum Gasteiger partial charge on any atom is 0.225 e. The second kappa shape index (κ2) is 14.9. The van der Waals surface area contributed by atoms with Gasteiger partial charge in [-0.2, -0.15) is 0 Å². The average Bonchev–Trinajstić information content (AvgIpc) is 2.84. The molecule has 1 saturated heterocycles. The summed E-state index contributed by atoms with van der Waals surface area (Å²) in [4.78, 5) is 17.8. The van der Waals surface area contributed by atoms with Gasteiger partial charge in [0.25, 0.3) is 0 Å². The maximum absolute atomic E-state index is 5.92. The van der Waals surface area contributed by atoms with Crippen LogP contribution in [0.5, 0.6) is 5.75 Å². The van der Waals surface area contributed by atoms with Crippen molar-refractivity contribution in [2.75, 3.05) is 57.8 Å². The van der Waals surface area contributed by atoms with Gasteiger partial charge in [0, 0.05) is 64.3 Å². The van der Waals surface area contributed by atoms with E-state index in [0.717, 1.165) is 81.9 Å². The molecule has 1 aromatic carbocycles. The standard InChI is InChI=1S/C24H37N7O.HI/c1-4-17-32-22-18-20(2)7-8-21(22)19-29-23(25-3)26-11-6-12-30-13-15-31(16-14-30)24-27-9-5-10-28-24;/h5,7-10,18H,4,6,11-17,19H2,1-3H3,(H2,25,26,29);1H. The van der Waals surface area contributed by atoms with Crippen LogP contribution in [0.2, 0.25) is 0 Å². The van der Waals surface area contributed by atoms with E-state index in [9.17, 15) is 0 Å². The molecule has 0 bridgehead atoms. The molecule has 0 saturated carbocycles. The molecule has 0 atom stereocenters. The molecule has 182 valence electrons. The summed E-state index contributed by atoms with van der Waals surface area (Å²) in [7, 11) is 1.81. The first-order valence-electron chi connectivity index (χ1n) is 11.6. The molecule has 8 nitrogen and oxygen atoms in total. The zero-order valence-electron chi connectivity index (χ0n) is 20.1. The van der Waals surface area contributed by atoms with Crippen molar-refractivity contribution in [1.82, 2.24) is 25.5 Å². The Kier molecular flexibility index (Phi) is 12.2. The van der Waals surface area contributed by atoms with Gasteiger partial charge in [-0.05, 0) is 44.0 Å². The van der Waals surface area contributed by atoms with E-state index in [1.54, 1.807) is 12.4 Å². The Balaban J connectivity index is 0.00000385. The molecule has 9 heteroatoms. The third-order valence-corrected chi connectivity index (χ3v) is 5.51. The van der Waals surface area contributed by atoms with Crippen molar-refractivity contribution in [3.8, 4) is 5.75 Å². The summed E-state index contributed by atoms with van der Waals surface area (Å²) in [5, 5.41) is 6.84. The average molecular weight is 568 g/mol. The minimum atomic E-state index is 0. The van der Waals surface area contributed by atoms with Crippen LogP contribution in [0.1, 0.15) is 30.9 Å². The first-order valence-corrected chi connectivity index (χ1v) is 11.6. The van der Waals surface area contributed by atoms with Gasteiger partial charge in [0.1, 0.15) is 5.75 Å². The van der Waals surface area contributed by atoms with E-state index in [2.05, 4.69) is 67.4 Å². The van der Waals surface area contributed by atoms with Crippen molar-refractivity contribution >= 4 is 35.9 Å². The van der Waals surface area contributed by atoms with Crippen molar-refractivity contribution in [1.29, 1.82) is 0 Å². The van der Waals surface area contributed by atoms with Crippen LogP contribution in [0.15, 0.2) is 41.7 Å². The third kappa shape index (κ3) is 8.96. The Hall–Kier alpha value is -2.14. The highest BCUT2D eigenvalue weighted by Gasteiger charge is 2.18. The van der Waals surface area contributed by atoms with E-state index in [0.29, 0.717) is 6.54 Å². The molecule has 0 unspecified atom stereocenters. The first-order chi connectivity index (χ1) is 15.7. The molecule has 33 heavy (non-hydrogen) atoms. The summed E-state index contributed by atoms with van der Waals surface area (Å²) in [5.41, 5.74) is 2.35. The molecular weight excluding hydrogens is 529 g/mol. The van der Waals surface area contributed by atoms with Crippen molar-refractivity contribution in [2.45, 2.75) is 33.2 Å². The van der Waals surface area contributed by atoms with E-state index in [4.69, 9.17) is 4.74 Å². The summed E-state index contributed by atoms with van der Waals surface area (Å²) < 4.78 is 5.92. The number of piperazine rings is 1. The van der Waals surface area contributed by atoms with Gasteiger partial charge in [-0.25, -0.2) is 9.97 Å². The van der Waals surface area contributed by atoms with Gasteiger partial charge in [0.05, 0.1) is 6.61 Å². The lowest BCUT2D eigenvalue weighted by Crippen LogP contribution is -2.47. The highest BCUT2D eigenvalue weighted by Crippen LogP contribution is 2.20.